The van der Waals surface area contributed by atoms with Crippen molar-refractivity contribution in [3.8, 4) is 11.1 Å². The SMILES string of the molecule is CCCC[C@H]1CC[C@H](c2ccc(-c3ccc(C(=O)OCCC)cc3)c(F)c2)CC1. The van der Waals surface area contributed by atoms with Gasteiger partial charge in [0.15, 0.2) is 0 Å². The predicted octanol–water partition coefficient (Wildman–Crippen LogP) is 7.52. The van der Waals surface area contributed by atoms with E-state index in [2.05, 4.69) is 13.0 Å². The Hall–Kier alpha value is -2.16. The Bertz CT molecular complexity index is 789. The molecule has 1 saturated carbocycles. The van der Waals surface area contributed by atoms with E-state index in [1.54, 1.807) is 30.3 Å². The van der Waals surface area contributed by atoms with E-state index in [1.165, 1.54) is 44.9 Å². The van der Waals surface area contributed by atoms with Crippen LogP contribution in [0.4, 0.5) is 4.39 Å². The predicted molar refractivity (Wildman–Crippen MR) is 117 cm³/mol. The molecule has 1 fully saturated rings. The normalized spacial score (nSPS) is 19.1. The number of hydrogen-bond acceptors (Lipinski definition) is 2. The van der Waals surface area contributed by atoms with Crippen LogP contribution in [-0.2, 0) is 4.74 Å². The Morgan fingerprint density at radius 1 is 1.00 bits per heavy atom. The van der Waals surface area contributed by atoms with Gasteiger partial charge in [-0.1, -0.05) is 57.4 Å². The first-order valence-electron chi connectivity index (χ1n) is 11.2. The molecule has 2 nitrogen and oxygen atoms in total. The summed E-state index contributed by atoms with van der Waals surface area (Å²) in [6.45, 7) is 4.62. The molecule has 0 N–H and O–H groups in total. The molecule has 1 aliphatic rings. The van der Waals surface area contributed by atoms with Gasteiger partial charge in [-0.3, -0.25) is 0 Å². The van der Waals surface area contributed by atoms with Gasteiger partial charge in [-0.25, -0.2) is 9.18 Å². The summed E-state index contributed by atoms with van der Waals surface area (Å²) in [7, 11) is 0. The standard InChI is InChI=1S/C26H33FO2/c1-3-5-6-19-7-9-20(10-8-19)23-15-16-24(25(27)18-23)21-11-13-22(14-12-21)26(28)29-17-4-2/h11-16,18-20H,3-10,17H2,1-2H3/t19-,20-. The Labute approximate surface area is 174 Å². The van der Waals surface area contributed by atoms with E-state index in [1.807, 2.05) is 13.0 Å². The molecule has 0 saturated heterocycles. The molecule has 0 atom stereocenters. The van der Waals surface area contributed by atoms with Crippen LogP contribution >= 0.6 is 0 Å². The van der Waals surface area contributed by atoms with Gasteiger partial charge in [-0.15, -0.1) is 0 Å². The lowest BCUT2D eigenvalue weighted by molar-refractivity contribution is 0.0505. The molecule has 0 aliphatic heterocycles. The second-order valence-electron chi connectivity index (χ2n) is 8.31. The second-order valence-corrected chi connectivity index (χ2v) is 8.31. The maximum Gasteiger partial charge on any atom is 0.338 e. The second kappa shape index (κ2) is 10.6. The number of rotatable bonds is 8. The summed E-state index contributed by atoms with van der Waals surface area (Å²) < 4.78 is 20.0. The summed E-state index contributed by atoms with van der Waals surface area (Å²) in [5, 5.41) is 0. The minimum Gasteiger partial charge on any atom is -0.462 e. The largest absolute Gasteiger partial charge is 0.462 e. The molecule has 3 heteroatoms. The number of hydrogen-bond donors (Lipinski definition) is 0. The monoisotopic (exact) mass is 396 g/mol. The number of unbranched alkanes of at least 4 members (excludes halogenated alkanes) is 1. The minimum atomic E-state index is -0.330. The van der Waals surface area contributed by atoms with Crippen LogP contribution in [0.5, 0.6) is 0 Å². The molecular formula is C26H33FO2. The van der Waals surface area contributed by atoms with Crippen molar-refractivity contribution in [1.82, 2.24) is 0 Å². The number of halogens is 1. The molecule has 2 aromatic rings. The van der Waals surface area contributed by atoms with Crippen LogP contribution < -0.4 is 0 Å². The molecule has 0 heterocycles. The topological polar surface area (TPSA) is 26.3 Å². The van der Waals surface area contributed by atoms with Crippen molar-refractivity contribution < 1.29 is 13.9 Å². The summed E-state index contributed by atoms with van der Waals surface area (Å²) in [4.78, 5) is 11.9. The van der Waals surface area contributed by atoms with Crippen molar-refractivity contribution in [2.24, 2.45) is 5.92 Å². The molecule has 0 unspecified atom stereocenters. The summed E-state index contributed by atoms with van der Waals surface area (Å²) in [5.74, 6) is 0.825. The van der Waals surface area contributed by atoms with Crippen LogP contribution in [0.1, 0.15) is 87.1 Å². The van der Waals surface area contributed by atoms with Gasteiger partial charge in [0.2, 0.25) is 0 Å². The summed E-state index contributed by atoms with van der Waals surface area (Å²) in [5.41, 5.74) is 2.99. The van der Waals surface area contributed by atoms with Crippen molar-refractivity contribution in [1.29, 1.82) is 0 Å². The number of carbonyl (C=O) groups is 1. The molecule has 1 aliphatic carbocycles. The molecule has 0 aromatic heterocycles. The van der Waals surface area contributed by atoms with Gasteiger partial charge >= 0.3 is 5.97 Å². The molecule has 29 heavy (non-hydrogen) atoms. The molecule has 0 radical (unpaired) electrons. The lowest BCUT2D eigenvalue weighted by Gasteiger charge is -2.29. The highest BCUT2D eigenvalue weighted by atomic mass is 19.1. The lowest BCUT2D eigenvalue weighted by atomic mass is 9.77. The van der Waals surface area contributed by atoms with Crippen LogP contribution in [0, 0.1) is 11.7 Å². The number of esters is 1. The van der Waals surface area contributed by atoms with Crippen molar-refractivity contribution >= 4 is 5.97 Å². The first-order chi connectivity index (χ1) is 14.1. The highest BCUT2D eigenvalue weighted by molar-refractivity contribution is 5.90. The quantitative estimate of drug-likeness (QED) is 0.431. The fraction of sp³-hybridized carbons (Fsp3) is 0.500. The van der Waals surface area contributed by atoms with Gasteiger partial charge in [0.25, 0.3) is 0 Å². The molecule has 156 valence electrons. The maximum atomic E-state index is 14.9. The first kappa shape index (κ1) is 21.5. The molecular weight excluding hydrogens is 363 g/mol. The summed E-state index contributed by atoms with van der Waals surface area (Å²) in [6.07, 6.45) is 9.61. The molecule has 0 spiro atoms. The van der Waals surface area contributed by atoms with E-state index < -0.39 is 0 Å². The van der Waals surface area contributed by atoms with Gasteiger partial charge in [0.1, 0.15) is 5.82 Å². The smallest absolute Gasteiger partial charge is 0.338 e. The number of benzene rings is 2. The Balaban J connectivity index is 1.65. The highest BCUT2D eigenvalue weighted by Crippen LogP contribution is 2.38. The summed E-state index contributed by atoms with van der Waals surface area (Å²) >= 11 is 0. The zero-order valence-corrected chi connectivity index (χ0v) is 17.8. The third-order valence-electron chi connectivity index (χ3n) is 6.15. The molecule has 0 amide bonds. The average Bonchev–Trinajstić information content (AvgIpc) is 2.76. The van der Waals surface area contributed by atoms with Gasteiger partial charge in [-0.05, 0) is 73.3 Å². The van der Waals surface area contributed by atoms with Crippen LogP contribution in [0.2, 0.25) is 0 Å². The van der Waals surface area contributed by atoms with E-state index in [0.29, 0.717) is 23.7 Å². The minimum absolute atomic E-state index is 0.183. The van der Waals surface area contributed by atoms with Crippen LogP contribution in [0.25, 0.3) is 11.1 Å². The van der Waals surface area contributed by atoms with E-state index in [0.717, 1.165) is 23.5 Å². The van der Waals surface area contributed by atoms with Crippen LogP contribution in [0.3, 0.4) is 0 Å². The third kappa shape index (κ3) is 5.68. The van der Waals surface area contributed by atoms with Crippen molar-refractivity contribution in [3.05, 3.63) is 59.4 Å². The van der Waals surface area contributed by atoms with E-state index in [4.69, 9.17) is 4.74 Å². The van der Waals surface area contributed by atoms with E-state index >= 15 is 0 Å². The fourth-order valence-electron chi connectivity index (χ4n) is 4.36. The van der Waals surface area contributed by atoms with Crippen molar-refractivity contribution in [2.75, 3.05) is 6.61 Å². The molecule has 0 bridgehead atoms. The Kier molecular flexibility index (Phi) is 7.85. The molecule has 3 rings (SSSR count). The van der Waals surface area contributed by atoms with Gasteiger partial charge < -0.3 is 4.74 Å². The summed E-state index contributed by atoms with van der Waals surface area (Å²) in [6, 6.07) is 12.7. The fourth-order valence-corrected chi connectivity index (χ4v) is 4.36. The average molecular weight is 397 g/mol. The highest BCUT2D eigenvalue weighted by Gasteiger charge is 2.23. The Morgan fingerprint density at radius 2 is 1.72 bits per heavy atom. The lowest BCUT2D eigenvalue weighted by Crippen LogP contribution is -2.13. The third-order valence-corrected chi connectivity index (χ3v) is 6.15. The van der Waals surface area contributed by atoms with Crippen LogP contribution in [0.15, 0.2) is 42.5 Å². The van der Waals surface area contributed by atoms with Crippen molar-refractivity contribution in [3.63, 3.8) is 0 Å². The van der Waals surface area contributed by atoms with Gasteiger partial charge in [-0.2, -0.15) is 0 Å². The maximum absolute atomic E-state index is 14.9. The van der Waals surface area contributed by atoms with Gasteiger partial charge in [0, 0.05) is 5.56 Å². The Morgan fingerprint density at radius 3 is 2.34 bits per heavy atom. The molecule has 2 aromatic carbocycles. The van der Waals surface area contributed by atoms with E-state index in [9.17, 15) is 9.18 Å². The number of carbonyl (C=O) groups excluding carboxylic acids is 1. The number of ether oxygens (including phenoxy) is 1. The zero-order valence-electron chi connectivity index (χ0n) is 17.8. The zero-order chi connectivity index (χ0) is 20.6. The van der Waals surface area contributed by atoms with E-state index in [-0.39, 0.29) is 11.8 Å². The van der Waals surface area contributed by atoms with Gasteiger partial charge in [0.05, 0.1) is 12.2 Å². The first-order valence-corrected chi connectivity index (χ1v) is 11.2. The van der Waals surface area contributed by atoms with Crippen molar-refractivity contribution in [2.45, 2.75) is 71.1 Å². The van der Waals surface area contributed by atoms with Crippen LogP contribution in [-0.4, -0.2) is 12.6 Å².